The number of rotatable bonds is 5. The minimum Gasteiger partial charge on any atom is -0.480 e. The maximum absolute atomic E-state index is 12.3. The molecule has 0 saturated carbocycles. The van der Waals surface area contributed by atoms with Gasteiger partial charge in [-0.1, -0.05) is 28.9 Å². The normalized spacial score (nSPS) is 11.8. The Hall–Kier alpha value is -0.920. The van der Waals surface area contributed by atoms with E-state index in [0.29, 0.717) is 10.0 Å². The lowest BCUT2D eigenvalue weighted by Crippen LogP contribution is -2.35. The van der Waals surface area contributed by atoms with Crippen molar-refractivity contribution in [3.8, 4) is 0 Å². The summed E-state index contributed by atoms with van der Waals surface area (Å²) in [5.41, 5.74) is 0.585. The number of carboxylic acid groups (broad SMARTS) is 1. The van der Waals surface area contributed by atoms with Crippen LogP contribution < -0.4 is 0 Å². The summed E-state index contributed by atoms with van der Waals surface area (Å²) < 4.78 is 26.2. The first-order valence-corrected chi connectivity index (χ1v) is 7.50. The summed E-state index contributed by atoms with van der Waals surface area (Å²) in [6.07, 6.45) is 0. The van der Waals surface area contributed by atoms with Crippen LogP contribution in [-0.2, 0) is 14.8 Å². The molecule has 0 amide bonds. The van der Waals surface area contributed by atoms with Crippen LogP contribution in [0.15, 0.2) is 27.6 Å². The second kappa shape index (κ2) is 5.81. The molecule has 0 aliphatic heterocycles. The molecule has 0 fully saturated rings. The van der Waals surface area contributed by atoms with Crippen LogP contribution in [0.3, 0.4) is 0 Å². The molecule has 0 aromatic heterocycles. The highest BCUT2D eigenvalue weighted by Gasteiger charge is 2.26. The van der Waals surface area contributed by atoms with Gasteiger partial charge in [0.25, 0.3) is 0 Å². The van der Waals surface area contributed by atoms with Crippen LogP contribution in [0.5, 0.6) is 0 Å². The smallest absolute Gasteiger partial charge is 0.318 e. The zero-order chi connectivity index (χ0) is 13.9. The number of aryl methyl sites for hydroxylation is 1. The number of nitrogens with zero attached hydrogens (tertiary/aromatic N) is 1. The molecule has 0 bridgehead atoms. The van der Waals surface area contributed by atoms with Gasteiger partial charge in [-0.2, -0.15) is 4.31 Å². The van der Waals surface area contributed by atoms with Crippen molar-refractivity contribution in [2.24, 2.45) is 0 Å². The fourth-order valence-electron chi connectivity index (χ4n) is 1.51. The summed E-state index contributed by atoms with van der Waals surface area (Å²) in [6.45, 7) is 2.85. The highest BCUT2D eigenvalue weighted by molar-refractivity contribution is 9.10. The number of aliphatic carboxylic acids is 1. The van der Waals surface area contributed by atoms with Gasteiger partial charge in [0.2, 0.25) is 10.0 Å². The Morgan fingerprint density at radius 2 is 2.06 bits per heavy atom. The van der Waals surface area contributed by atoms with Crippen molar-refractivity contribution < 1.29 is 18.3 Å². The molecule has 0 unspecified atom stereocenters. The van der Waals surface area contributed by atoms with Gasteiger partial charge in [-0.15, -0.1) is 0 Å². The number of carboxylic acids is 1. The number of sulfonamides is 1. The van der Waals surface area contributed by atoms with Crippen molar-refractivity contribution in [2.45, 2.75) is 18.7 Å². The van der Waals surface area contributed by atoms with E-state index in [-0.39, 0.29) is 11.4 Å². The Labute approximate surface area is 115 Å². The van der Waals surface area contributed by atoms with Gasteiger partial charge < -0.3 is 5.11 Å². The maximum atomic E-state index is 12.3. The Morgan fingerprint density at radius 1 is 1.44 bits per heavy atom. The van der Waals surface area contributed by atoms with Gasteiger partial charge in [0.1, 0.15) is 6.54 Å². The molecule has 7 heteroatoms. The molecule has 0 atom stereocenters. The highest BCUT2D eigenvalue weighted by atomic mass is 79.9. The summed E-state index contributed by atoms with van der Waals surface area (Å²) in [5, 5.41) is 8.73. The highest BCUT2D eigenvalue weighted by Crippen LogP contribution is 2.23. The van der Waals surface area contributed by atoms with Gasteiger partial charge in [-0.05, 0) is 24.6 Å². The first-order valence-electron chi connectivity index (χ1n) is 5.27. The van der Waals surface area contributed by atoms with Crippen molar-refractivity contribution in [2.75, 3.05) is 13.1 Å². The van der Waals surface area contributed by atoms with Crippen LogP contribution in [0.1, 0.15) is 12.5 Å². The molecule has 1 rings (SSSR count). The minimum absolute atomic E-state index is 0.112. The molecule has 0 spiro atoms. The van der Waals surface area contributed by atoms with Crippen LogP contribution in [-0.4, -0.2) is 36.9 Å². The quantitative estimate of drug-likeness (QED) is 0.891. The van der Waals surface area contributed by atoms with Gasteiger partial charge in [0.05, 0.1) is 4.90 Å². The number of likely N-dealkylation sites (N-methyl/N-ethyl adjacent to an activating group) is 1. The Morgan fingerprint density at radius 3 is 2.56 bits per heavy atom. The second-order valence-corrected chi connectivity index (χ2v) is 6.56. The molecule has 0 heterocycles. The Balaban J connectivity index is 3.26. The standard InChI is InChI=1S/C11H14BrNO4S/c1-3-13(7-11(14)15)18(16,17)10-6-9(12)5-4-8(10)2/h4-6H,3,7H2,1-2H3,(H,14,15). The van der Waals surface area contributed by atoms with Crippen molar-refractivity contribution in [1.82, 2.24) is 4.31 Å². The summed E-state index contributed by atoms with van der Waals surface area (Å²) in [5.74, 6) is -1.17. The Bertz CT molecular complexity index is 556. The third-order valence-electron chi connectivity index (χ3n) is 2.43. The summed E-state index contributed by atoms with van der Waals surface area (Å²) in [7, 11) is -3.78. The number of halogens is 1. The monoisotopic (exact) mass is 335 g/mol. The average molecular weight is 336 g/mol. The van der Waals surface area contributed by atoms with E-state index >= 15 is 0 Å². The molecule has 1 aromatic rings. The van der Waals surface area contributed by atoms with E-state index in [2.05, 4.69) is 15.9 Å². The summed E-state index contributed by atoms with van der Waals surface area (Å²) in [6, 6.07) is 4.89. The molecule has 0 radical (unpaired) electrons. The van der Waals surface area contributed by atoms with Gasteiger partial charge >= 0.3 is 5.97 Å². The number of carbonyl (C=O) groups is 1. The van der Waals surface area contributed by atoms with Crippen LogP contribution in [0.25, 0.3) is 0 Å². The molecule has 1 aromatic carbocycles. The van der Waals surface area contributed by atoms with E-state index in [1.807, 2.05) is 0 Å². The number of benzene rings is 1. The molecule has 1 N–H and O–H groups in total. The largest absolute Gasteiger partial charge is 0.480 e. The fraction of sp³-hybridized carbons (Fsp3) is 0.364. The van der Waals surface area contributed by atoms with Crippen molar-refractivity contribution in [3.63, 3.8) is 0 Å². The minimum atomic E-state index is -3.78. The molecule has 0 saturated heterocycles. The zero-order valence-electron chi connectivity index (χ0n) is 10.1. The van der Waals surface area contributed by atoms with Gasteiger partial charge in [0.15, 0.2) is 0 Å². The van der Waals surface area contributed by atoms with E-state index in [1.165, 1.54) is 6.07 Å². The van der Waals surface area contributed by atoms with E-state index in [0.717, 1.165) is 4.31 Å². The number of hydrogen-bond acceptors (Lipinski definition) is 3. The topological polar surface area (TPSA) is 74.7 Å². The third-order valence-corrected chi connectivity index (χ3v) is 4.99. The van der Waals surface area contributed by atoms with Crippen LogP contribution in [0.2, 0.25) is 0 Å². The van der Waals surface area contributed by atoms with E-state index in [9.17, 15) is 13.2 Å². The predicted octanol–water partition coefficient (Wildman–Crippen LogP) is 1.85. The second-order valence-electron chi connectivity index (χ2n) is 3.73. The Kier molecular flexibility index (Phi) is 4.89. The molecule has 0 aliphatic rings. The van der Waals surface area contributed by atoms with Crippen molar-refractivity contribution >= 4 is 31.9 Å². The first-order chi connectivity index (χ1) is 8.28. The lowest BCUT2D eigenvalue weighted by atomic mass is 10.2. The zero-order valence-corrected chi connectivity index (χ0v) is 12.5. The van der Waals surface area contributed by atoms with Crippen LogP contribution in [0, 0.1) is 6.92 Å². The molecule has 0 aliphatic carbocycles. The van der Waals surface area contributed by atoms with E-state index < -0.39 is 22.5 Å². The molecular formula is C11H14BrNO4S. The number of hydrogen-bond donors (Lipinski definition) is 1. The SMILES string of the molecule is CCN(CC(=O)O)S(=O)(=O)c1cc(Br)ccc1C. The first kappa shape index (κ1) is 15.1. The molecular weight excluding hydrogens is 322 g/mol. The van der Waals surface area contributed by atoms with Gasteiger partial charge in [-0.25, -0.2) is 8.42 Å². The van der Waals surface area contributed by atoms with Gasteiger partial charge in [-0.3, -0.25) is 4.79 Å². The lowest BCUT2D eigenvalue weighted by molar-refractivity contribution is -0.137. The predicted molar refractivity (Wildman–Crippen MR) is 70.9 cm³/mol. The molecule has 100 valence electrons. The summed E-state index contributed by atoms with van der Waals surface area (Å²) in [4.78, 5) is 10.8. The van der Waals surface area contributed by atoms with E-state index in [4.69, 9.17) is 5.11 Å². The average Bonchev–Trinajstić information content (AvgIpc) is 2.28. The van der Waals surface area contributed by atoms with Crippen molar-refractivity contribution in [1.29, 1.82) is 0 Å². The third kappa shape index (κ3) is 3.30. The maximum Gasteiger partial charge on any atom is 0.318 e. The van der Waals surface area contributed by atoms with Crippen LogP contribution in [0.4, 0.5) is 0 Å². The van der Waals surface area contributed by atoms with E-state index in [1.54, 1.807) is 26.0 Å². The molecule has 18 heavy (non-hydrogen) atoms. The fourth-order valence-corrected chi connectivity index (χ4v) is 3.67. The van der Waals surface area contributed by atoms with Gasteiger partial charge in [0, 0.05) is 11.0 Å². The lowest BCUT2D eigenvalue weighted by Gasteiger charge is -2.19. The molecule has 5 nitrogen and oxygen atoms in total. The van der Waals surface area contributed by atoms with Crippen LogP contribution >= 0.6 is 15.9 Å². The summed E-state index contributed by atoms with van der Waals surface area (Å²) >= 11 is 3.21. The van der Waals surface area contributed by atoms with Crippen molar-refractivity contribution in [3.05, 3.63) is 28.2 Å².